The van der Waals surface area contributed by atoms with E-state index >= 15 is 0 Å². The van der Waals surface area contributed by atoms with E-state index in [1.807, 2.05) is 30.3 Å². The number of carbonyl (C=O) groups excluding carboxylic acids is 1. The first-order valence-electron chi connectivity index (χ1n) is 9.09. The molecule has 0 saturated heterocycles. The summed E-state index contributed by atoms with van der Waals surface area (Å²) < 4.78 is 73.3. The van der Waals surface area contributed by atoms with Gasteiger partial charge in [0.25, 0.3) is 5.91 Å². The van der Waals surface area contributed by atoms with Crippen molar-refractivity contribution in [1.82, 2.24) is 0 Å². The maximum atomic E-state index is 13.9. The van der Waals surface area contributed by atoms with Gasteiger partial charge in [-0.25, -0.2) is 31.9 Å². The molecule has 3 rings (SSSR count). The van der Waals surface area contributed by atoms with Crippen molar-refractivity contribution in [3.05, 3.63) is 70.5 Å². The van der Waals surface area contributed by atoms with Crippen molar-refractivity contribution in [1.29, 1.82) is 0 Å². The molecule has 158 valence electrons. The molecule has 1 aliphatic rings. The lowest BCUT2D eigenvalue weighted by molar-refractivity contribution is 0.0991. The summed E-state index contributed by atoms with van der Waals surface area (Å²) in [5, 5.41) is 0. The number of carbonyl (C=O) groups is 1. The number of amides is 1. The Morgan fingerprint density at radius 3 is 2.17 bits per heavy atom. The number of hydrogen-bond donors (Lipinski definition) is 0. The van der Waals surface area contributed by atoms with Gasteiger partial charge in [0.1, 0.15) is 17.9 Å². The van der Waals surface area contributed by atoms with Gasteiger partial charge < -0.3 is 4.74 Å². The number of benzene rings is 2. The molecule has 0 N–H and O–H groups in total. The highest BCUT2D eigenvalue weighted by Crippen LogP contribution is 2.24. The summed E-state index contributed by atoms with van der Waals surface area (Å²) in [6.45, 7) is 3.45. The average molecular weight is 424 g/mol. The van der Waals surface area contributed by atoms with Crippen LogP contribution in [0.3, 0.4) is 0 Å². The summed E-state index contributed by atoms with van der Waals surface area (Å²) in [4.78, 5) is 20.3. The summed E-state index contributed by atoms with van der Waals surface area (Å²) in [6, 6.07) is 9.18. The molecule has 0 aromatic heterocycles. The van der Waals surface area contributed by atoms with Gasteiger partial charge >= 0.3 is 0 Å². The van der Waals surface area contributed by atoms with Crippen LogP contribution in [0.15, 0.2) is 40.3 Å². The fourth-order valence-electron chi connectivity index (χ4n) is 2.93. The minimum Gasteiger partial charge on any atom is -0.474 e. The Morgan fingerprint density at radius 1 is 1.03 bits per heavy atom. The number of aliphatic imine (C=N–C) groups is 2. The van der Waals surface area contributed by atoms with E-state index in [-0.39, 0.29) is 24.3 Å². The third-order valence-corrected chi connectivity index (χ3v) is 4.44. The lowest BCUT2D eigenvalue weighted by Crippen LogP contribution is -2.23. The van der Waals surface area contributed by atoms with Gasteiger partial charge in [0, 0.05) is 5.92 Å². The maximum absolute atomic E-state index is 13.9. The molecule has 2 aromatic rings. The molecule has 0 spiro atoms. The van der Waals surface area contributed by atoms with Crippen LogP contribution in [0.1, 0.15) is 29.8 Å². The fraction of sp³-hybridized carbons (Fsp3) is 0.286. The van der Waals surface area contributed by atoms with Crippen LogP contribution in [0.25, 0.3) is 0 Å². The number of ether oxygens (including phenoxy) is 1. The van der Waals surface area contributed by atoms with Gasteiger partial charge in [-0.2, -0.15) is 0 Å². The predicted molar refractivity (Wildman–Crippen MR) is 100 cm³/mol. The van der Waals surface area contributed by atoms with E-state index in [4.69, 9.17) is 4.74 Å². The van der Waals surface area contributed by atoms with E-state index < -0.39 is 46.5 Å². The fourth-order valence-corrected chi connectivity index (χ4v) is 2.93. The minimum absolute atomic E-state index is 0.00292. The Morgan fingerprint density at radius 2 is 1.60 bits per heavy atom. The Balaban J connectivity index is 1.92. The molecule has 1 aliphatic heterocycles. The van der Waals surface area contributed by atoms with Gasteiger partial charge in [-0.15, -0.1) is 0 Å². The van der Waals surface area contributed by atoms with Crippen LogP contribution in [0.2, 0.25) is 0 Å². The van der Waals surface area contributed by atoms with E-state index in [9.17, 15) is 26.7 Å². The maximum Gasteiger partial charge on any atom is 0.283 e. The molecule has 4 nitrogen and oxygen atoms in total. The van der Waals surface area contributed by atoms with Gasteiger partial charge in [0.2, 0.25) is 11.7 Å². The van der Waals surface area contributed by atoms with Crippen LogP contribution in [-0.4, -0.2) is 30.2 Å². The first kappa shape index (κ1) is 21.6. The summed E-state index contributed by atoms with van der Waals surface area (Å²) in [5.41, 5.74) is -0.653. The molecule has 30 heavy (non-hydrogen) atoms. The van der Waals surface area contributed by atoms with Crippen molar-refractivity contribution < 1.29 is 31.5 Å². The number of rotatable bonds is 5. The van der Waals surface area contributed by atoms with Gasteiger partial charge in [-0.1, -0.05) is 44.2 Å². The summed E-state index contributed by atoms with van der Waals surface area (Å²) in [6.07, 6.45) is 0.557. The summed E-state index contributed by atoms with van der Waals surface area (Å²) in [7, 11) is 0. The molecular weight excluding hydrogens is 407 g/mol. The second kappa shape index (κ2) is 8.73. The SMILES string of the molecule is CC(C)/C(=N\C(=O)c1c(F)c(F)c(F)c(F)c1F)C1=N[C@@H](Cc2ccccc2)CO1. The zero-order valence-corrected chi connectivity index (χ0v) is 16.1. The van der Waals surface area contributed by atoms with Crippen LogP contribution in [-0.2, 0) is 11.2 Å². The zero-order chi connectivity index (χ0) is 22.0. The Kier molecular flexibility index (Phi) is 6.28. The second-order valence-electron chi connectivity index (χ2n) is 6.99. The molecule has 0 radical (unpaired) electrons. The highest BCUT2D eigenvalue weighted by atomic mass is 19.2. The lowest BCUT2D eigenvalue weighted by Gasteiger charge is -2.10. The molecule has 9 heteroatoms. The van der Waals surface area contributed by atoms with E-state index in [2.05, 4.69) is 9.98 Å². The monoisotopic (exact) mass is 424 g/mol. The van der Waals surface area contributed by atoms with Crippen LogP contribution < -0.4 is 0 Å². The molecule has 1 atom stereocenters. The van der Waals surface area contributed by atoms with Crippen LogP contribution in [0.4, 0.5) is 22.0 Å². The van der Waals surface area contributed by atoms with Crippen LogP contribution in [0.5, 0.6) is 0 Å². The lowest BCUT2D eigenvalue weighted by atomic mass is 10.1. The van der Waals surface area contributed by atoms with E-state index in [1.54, 1.807) is 13.8 Å². The minimum atomic E-state index is -2.35. The number of nitrogens with zero attached hydrogens (tertiary/aromatic N) is 2. The topological polar surface area (TPSA) is 51.0 Å². The molecule has 1 heterocycles. The number of halogens is 5. The van der Waals surface area contributed by atoms with Crippen LogP contribution in [0, 0.1) is 35.0 Å². The van der Waals surface area contributed by atoms with Gasteiger partial charge in [0.15, 0.2) is 23.3 Å². The van der Waals surface area contributed by atoms with E-state index in [1.165, 1.54) is 0 Å². The Hall–Kier alpha value is -3.10. The van der Waals surface area contributed by atoms with Crippen molar-refractivity contribution in [3.63, 3.8) is 0 Å². The standard InChI is InChI=1S/C21H17F5N2O2/c1-10(2)19(21-27-12(9-30-21)8-11-6-4-3-5-7-11)28-20(29)13-14(22)16(24)18(26)17(25)15(13)23/h3-7,10,12H,8-9H2,1-2H3/b28-19+/t12-/m0/s1. The average Bonchev–Trinajstić information content (AvgIpc) is 3.17. The predicted octanol–water partition coefficient (Wildman–Crippen LogP) is 4.66. The Bertz CT molecular complexity index is 1010. The third-order valence-electron chi connectivity index (χ3n) is 4.44. The largest absolute Gasteiger partial charge is 0.474 e. The van der Waals surface area contributed by atoms with Gasteiger partial charge in [0.05, 0.1) is 6.04 Å². The van der Waals surface area contributed by atoms with Crippen molar-refractivity contribution in [3.8, 4) is 0 Å². The van der Waals surface area contributed by atoms with Crippen LogP contribution >= 0.6 is 0 Å². The molecule has 1 amide bonds. The first-order valence-corrected chi connectivity index (χ1v) is 9.09. The third kappa shape index (κ3) is 4.24. The smallest absolute Gasteiger partial charge is 0.283 e. The Labute approximate surface area is 169 Å². The molecule has 0 saturated carbocycles. The number of hydrogen-bond acceptors (Lipinski definition) is 3. The quantitative estimate of drug-likeness (QED) is 0.303. The molecule has 0 unspecified atom stereocenters. The van der Waals surface area contributed by atoms with Gasteiger partial charge in [-0.3, -0.25) is 4.79 Å². The van der Waals surface area contributed by atoms with E-state index in [0.29, 0.717) is 6.42 Å². The van der Waals surface area contributed by atoms with Crippen molar-refractivity contribution in [2.24, 2.45) is 15.9 Å². The first-order chi connectivity index (χ1) is 14.2. The second-order valence-corrected chi connectivity index (χ2v) is 6.99. The normalized spacial score (nSPS) is 16.6. The molecular formula is C21H17F5N2O2. The molecule has 0 bridgehead atoms. The highest BCUT2D eigenvalue weighted by molar-refractivity contribution is 6.41. The van der Waals surface area contributed by atoms with Crippen molar-refractivity contribution >= 4 is 17.5 Å². The van der Waals surface area contributed by atoms with Crippen molar-refractivity contribution in [2.75, 3.05) is 6.61 Å². The summed E-state index contributed by atoms with van der Waals surface area (Å²) in [5.74, 6) is -13.3. The zero-order valence-electron chi connectivity index (χ0n) is 16.1. The highest BCUT2D eigenvalue weighted by Gasteiger charge is 2.31. The molecule has 2 aromatic carbocycles. The molecule has 0 fully saturated rings. The summed E-state index contributed by atoms with van der Waals surface area (Å²) >= 11 is 0. The van der Waals surface area contributed by atoms with Gasteiger partial charge in [-0.05, 0) is 12.0 Å². The van der Waals surface area contributed by atoms with Crippen molar-refractivity contribution in [2.45, 2.75) is 26.3 Å². The molecule has 0 aliphatic carbocycles. The van der Waals surface area contributed by atoms with E-state index in [0.717, 1.165) is 5.56 Å².